The first-order valence-electron chi connectivity index (χ1n) is 16.3. The van der Waals surface area contributed by atoms with Crippen molar-refractivity contribution in [2.24, 2.45) is 0 Å². The lowest BCUT2D eigenvalue weighted by molar-refractivity contribution is 1.29. The lowest BCUT2D eigenvalue weighted by Gasteiger charge is -2.26. The first kappa shape index (κ1) is 28.3. The quantitative estimate of drug-likeness (QED) is 0.177. The zero-order valence-electron chi connectivity index (χ0n) is 26.3. The molecule has 9 aromatic rings. The lowest BCUT2D eigenvalue weighted by Crippen LogP contribution is -2.09. The van der Waals surface area contributed by atoms with E-state index in [1.807, 2.05) is 11.3 Å². The Morgan fingerprint density at radius 3 is 1.69 bits per heavy atom. The molecule has 0 saturated heterocycles. The first-order chi connectivity index (χ1) is 23.8. The van der Waals surface area contributed by atoms with Crippen LogP contribution in [0.3, 0.4) is 0 Å². The Bertz CT molecular complexity index is 2540. The summed E-state index contributed by atoms with van der Waals surface area (Å²) in [5.74, 6) is 0. The number of fused-ring (bicyclic) bond motifs is 4. The summed E-state index contributed by atoms with van der Waals surface area (Å²) in [7, 11) is 0. The van der Waals surface area contributed by atoms with Gasteiger partial charge in [0.05, 0.1) is 0 Å². The molecule has 1 aromatic heterocycles. The van der Waals surface area contributed by atoms with Crippen LogP contribution in [0.4, 0.5) is 17.1 Å². The molecule has 0 aliphatic heterocycles. The molecule has 0 aliphatic rings. The molecule has 0 radical (unpaired) electrons. The summed E-state index contributed by atoms with van der Waals surface area (Å²) in [6, 6.07) is 68.1. The van der Waals surface area contributed by atoms with Crippen LogP contribution in [0.2, 0.25) is 0 Å². The SMILES string of the molecule is c1ccc(-c2ccc(N(c3ccc(-c4ccccc4-c4cccc5c4sc4ccccc45)cc3)c3ccc4ccccc4c3)cc2)cc1. The molecule has 2 heteroatoms. The maximum atomic E-state index is 2.36. The Balaban J connectivity index is 1.14. The number of thiophene rings is 1. The highest BCUT2D eigenvalue weighted by atomic mass is 32.1. The van der Waals surface area contributed by atoms with Gasteiger partial charge in [-0.05, 0) is 81.1 Å². The Kier molecular flexibility index (Phi) is 7.07. The molecule has 9 rings (SSSR count). The molecular weight excluding hydrogens is 599 g/mol. The molecule has 0 N–H and O–H groups in total. The van der Waals surface area contributed by atoms with Crippen LogP contribution in [-0.4, -0.2) is 0 Å². The standard InChI is InChI=1S/C46H31NS/c1-2-11-32(12-3-1)34-21-26-37(27-22-34)47(39-30-23-33-13-4-5-14-36(33)31-39)38-28-24-35(25-29-38)40-15-6-7-16-41(40)43-18-10-19-44-42-17-8-9-20-45(42)48-46(43)44/h1-31H. The lowest BCUT2D eigenvalue weighted by atomic mass is 9.93. The predicted octanol–water partition coefficient (Wildman–Crippen LogP) is 13.7. The van der Waals surface area contributed by atoms with E-state index in [1.54, 1.807) is 0 Å². The second-order valence-electron chi connectivity index (χ2n) is 12.2. The van der Waals surface area contributed by atoms with Gasteiger partial charge in [0, 0.05) is 42.8 Å². The molecule has 0 unspecified atom stereocenters. The molecule has 48 heavy (non-hydrogen) atoms. The van der Waals surface area contributed by atoms with E-state index >= 15 is 0 Å². The van der Waals surface area contributed by atoms with E-state index in [-0.39, 0.29) is 0 Å². The van der Waals surface area contributed by atoms with Crippen molar-refractivity contribution < 1.29 is 0 Å². The largest absolute Gasteiger partial charge is 0.310 e. The first-order valence-corrected chi connectivity index (χ1v) is 17.2. The van der Waals surface area contributed by atoms with Crippen LogP contribution in [0, 0.1) is 0 Å². The van der Waals surface area contributed by atoms with Crippen LogP contribution in [-0.2, 0) is 0 Å². The van der Waals surface area contributed by atoms with Crippen molar-refractivity contribution in [3.63, 3.8) is 0 Å². The van der Waals surface area contributed by atoms with Gasteiger partial charge in [0.2, 0.25) is 0 Å². The summed E-state index contributed by atoms with van der Waals surface area (Å²) in [6.07, 6.45) is 0. The fourth-order valence-electron chi connectivity index (χ4n) is 6.92. The molecule has 1 nitrogen and oxygen atoms in total. The maximum absolute atomic E-state index is 2.36. The van der Waals surface area contributed by atoms with Gasteiger partial charge in [0.1, 0.15) is 0 Å². The molecule has 0 spiro atoms. The van der Waals surface area contributed by atoms with Gasteiger partial charge in [0.15, 0.2) is 0 Å². The molecule has 0 saturated carbocycles. The molecule has 0 aliphatic carbocycles. The van der Waals surface area contributed by atoms with Gasteiger partial charge in [-0.15, -0.1) is 11.3 Å². The average Bonchev–Trinajstić information content (AvgIpc) is 3.55. The van der Waals surface area contributed by atoms with Gasteiger partial charge >= 0.3 is 0 Å². The number of anilines is 3. The monoisotopic (exact) mass is 629 g/mol. The van der Waals surface area contributed by atoms with Crippen LogP contribution >= 0.6 is 11.3 Å². The summed E-state index contributed by atoms with van der Waals surface area (Å²) in [5, 5.41) is 5.11. The number of benzene rings is 8. The summed E-state index contributed by atoms with van der Waals surface area (Å²) < 4.78 is 2.66. The smallest absolute Gasteiger partial charge is 0.0468 e. The van der Waals surface area contributed by atoms with E-state index in [4.69, 9.17) is 0 Å². The Morgan fingerprint density at radius 1 is 0.333 bits per heavy atom. The fraction of sp³-hybridized carbons (Fsp3) is 0. The van der Waals surface area contributed by atoms with Crippen LogP contribution in [0.1, 0.15) is 0 Å². The van der Waals surface area contributed by atoms with Crippen LogP contribution in [0.25, 0.3) is 64.3 Å². The Morgan fingerprint density at radius 2 is 0.896 bits per heavy atom. The summed E-state index contributed by atoms with van der Waals surface area (Å²) in [4.78, 5) is 2.36. The molecule has 0 bridgehead atoms. The van der Waals surface area contributed by atoms with Gasteiger partial charge in [-0.1, -0.05) is 146 Å². The van der Waals surface area contributed by atoms with E-state index in [0.29, 0.717) is 0 Å². The normalized spacial score (nSPS) is 11.3. The molecule has 226 valence electrons. The average molecular weight is 630 g/mol. The van der Waals surface area contributed by atoms with Gasteiger partial charge in [-0.2, -0.15) is 0 Å². The fourth-order valence-corrected chi connectivity index (χ4v) is 8.15. The third kappa shape index (κ3) is 5.04. The minimum atomic E-state index is 1.12. The topological polar surface area (TPSA) is 3.24 Å². The van der Waals surface area contributed by atoms with Crippen molar-refractivity contribution in [2.75, 3.05) is 4.90 Å². The number of rotatable bonds is 6. The molecule has 0 amide bonds. The highest BCUT2D eigenvalue weighted by Gasteiger charge is 2.16. The van der Waals surface area contributed by atoms with Crippen molar-refractivity contribution in [3.05, 3.63) is 188 Å². The van der Waals surface area contributed by atoms with Gasteiger partial charge in [-0.25, -0.2) is 0 Å². The Hall–Kier alpha value is -5.96. The third-order valence-corrected chi connectivity index (χ3v) is 10.5. The van der Waals surface area contributed by atoms with E-state index < -0.39 is 0 Å². The highest BCUT2D eigenvalue weighted by molar-refractivity contribution is 7.26. The second kappa shape index (κ2) is 12.0. The molecule has 1 heterocycles. The maximum Gasteiger partial charge on any atom is 0.0468 e. The van der Waals surface area contributed by atoms with Crippen molar-refractivity contribution in [1.29, 1.82) is 0 Å². The van der Waals surface area contributed by atoms with Crippen molar-refractivity contribution in [3.8, 4) is 33.4 Å². The number of nitrogens with zero attached hydrogens (tertiary/aromatic N) is 1. The van der Waals surface area contributed by atoms with Crippen LogP contribution in [0.5, 0.6) is 0 Å². The summed E-state index contributed by atoms with van der Waals surface area (Å²) in [6.45, 7) is 0. The van der Waals surface area contributed by atoms with Crippen molar-refractivity contribution in [1.82, 2.24) is 0 Å². The summed E-state index contributed by atoms with van der Waals surface area (Å²) >= 11 is 1.88. The molecule has 0 fully saturated rings. The van der Waals surface area contributed by atoms with E-state index in [9.17, 15) is 0 Å². The number of hydrogen-bond acceptors (Lipinski definition) is 2. The zero-order valence-corrected chi connectivity index (χ0v) is 27.1. The van der Waals surface area contributed by atoms with Gasteiger partial charge in [0.25, 0.3) is 0 Å². The van der Waals surface area contributed by atoms with Crippen LogP contribution < -0.4 is 4.90 Å². The van der Waals surface area contributed by atoms with Gasteiger partial charge < -0.3 is 4.90 Å². The van der Waals surface area contributed by atoms with Crippen LogP contribution in [0.15, 0.2) is 188 Å². The summed E-state index contributed by atoms with van der Waals surface area (Å²) in [5.41, 5.74) is 10.8. The zero-order chi connectivity index (χ0) is 31.9. The number of hydrogen-bond donors (Lipinski definition) is 0. The van der Waals surface area contributed by atoms with Crippen molar-refractivity contribution >= 4 is 59.3 Å². The molecule has 0 atom stereocenters. The predicted molar refractivity (Wildman–Crippen MR) is 208 cm³/mol. The minimum absolute atomic E-state index is 1.12. The third-order valence-electron chi connectivity index (χ3n) is 9.28. The Labute approximate surface area is 284 Å². The minimum Gasteiger partial charge on any atom is -0.310 e. The van der Waals surface area contributed by atoms with E-state index in [1.165, 1.54) is 64.3 Å². The second-order valence-corrected chi connectivity index (χ2v) is 13.2. The van der Waals surface area contributed by atoms with Crippen molar-refractivity contribution in [2.45, 2.75) is 0 Å². The van der Waals surface area contributed by atoms with E-state index in [2.05, 4.69) is 193 Å². The molecular formula is C46H31NS. The highest BCUT2D eigenvalue weighted by Crippen LogP contribution is 2.43. The molecule has 8 aromatic carbocycles. The van der Waals surface area contributed by atoms with E-state index in [0.717, 1.165) is 17.1 Å². The van der Waals surface area contributed by atoms with Gasteiger partial charge in [-0.3, -0.25) is 0 Å².